The molecule has 8 atom stereocenters. The quantitative estimate of drug-likeness (QED) is 0.0136. The van der Waals surface area contributed by atoms with Gasteiger partial charge in [0.1, 0.15) is 31.1 Å². The smallest absolute Gasteiger partial charge is 0.351 e. The molecule has 136 heavy (non-hydrogen) atoms. The minimum Gasteiger partial charge on any atom is -0.548 e. The predicted molar refractivity (Wildman–Crippen MR) is 526 cm³/mol. The van der Waals surface area contributed by atoms with Crippen molar-refractivity contribution in [2.45, 2.75) is 195 Å². The number of allylic oxidation sites excluding steroid dienone is 8. The molecule has 5 aliphatic heterocycles. The van der Waals surface area contributed by atoms with Gasteiger partial charge in [0.15, 0.2) is 24.5 Å². The number of esters is 7. The molecule has 0 spiro atoms. The van der Waals surface area contributed by atoms with Gasteiger partial charge in [0, 0.05) is 60.3 Å². The molecule has 7 heterocycles. The van der Waals surface area contributed by atoms with E-state index in [2.05, 4.69) is 111 Å². The third-order valence-electron chi connectivity index (χ3n) is 20.8. The first-order chi connectivity index (χ1) is 65.3. The number of benzene rings is 6. The average Bonchev–Trinajstić information content (AvgIpc) is 1.61. The molecule has 33 heteroatoms. The molecule has 3 amide bonds. The van der Waals surface area contributed by atoms with E-state index in [0.29, 0.717) is 56.7 Å². The Bertz CT molecular complexity index is 5660. The number of rotatable bonds is 31. The number of hydrogen-bond donors (Lipinski definition) is 4. The minimum atomic E-state index is -1.84. The van der Waals surface area contributed by atoms with Gasteiger partial charge in [-0.15, -0.1) is 0 Å². The van der Waals surface area contributed by atoms with Crippen LogP contribution >= 0.6 is 15.9 Å². The van der Waals surface area contributed by atoms with E-state index in [1.165, 1.54) is 73.5 Å². The van der Waals surface area contributed by atoms with Gasteiger partial charge in [-0.05, 0) is 152 Å². The number of carbonyl (C=O) groups excluding carboxylic acids is 10. The van der Waals surface area contributed by atoms with E-state index in [1.54, 1.807) is 220 Å². The Labute approximate surface area is 805 Å². The van der Waals surface area contributed by atoms with Crippen LogP contribution in [0.15, 0.2) is 295 Å². The van der Waals surface area contributed by atoms with Crippen molar-refractivity contribution in [1.82, 2.24) is 19.9 Å². The van der Waals surface area contributed by atoms with E-state index < -0.39 is 123 Å². The van der Waals surface area contributed by atoms with Crippen molar-refractivity contribution in [3.63, 3.8) is 0 Å². The van der Waals surface area contributed by atoms with Gasteiger partial charge in [-0.2, -0.15) is 4.98 Å². The molecule has 2 unspecified atom stereocenters. The Morgan fingerprint density at radius 2 is 1.03 bits per heavy atom. The molecule has 5 N–H and O–H groups in total. The molecule has 2 aromatic heterocycles. The maximum absolute atomic E-state index is 13.3. The summed E-state index contributed by atoms with van der Waals surface area (Å²) in [6.07, 6.45) is 17.7. The normalized spacial score (nSPS) is 18.4. The van der Waals surface area contributed by atoms with Crippen LogP contribution in [0.3, 0.4) is 0 Å². The first-order valence-electron chi connectivity index (χ1n) is 44.9. The van der Waals surface area contributed by atoms with E-state index in [9.17, 15) is 52.7 Å². The van der Waals surface area contributed by atoms with Crippen LogP contribution < -0.4 is 16.7 Å². The first-order valence-corrected chi connectivity index (χ1v) is 56.8. The number of dihydropyridines is 2. The molecule has 1 aliphatic carbocycles. The first kappa shape index (κ1) is 108. The summed E-state index contributed by atoms with van der Waals surface area (Å²) in [5.74, 6) is -4.39. The van der Waals surface area contributed by atoms with Crippen molar-refractivity contribution in [2.24, 2.45) is 15.7 Å². The number of carbonyl (C=O) groups is 10. The number of nitrogens with one attached hydrogen (secondary N) is 3. The van der Waals surface area contributed by atoms with Crippen molar-refractivity contribution in [3.05, 3.63) is 324 Å². The number of aromatic amines is 1. The summed E-state index contributed by atoms with van der Waals surface area (Å²) in [5.41, 5.74) is 10.5. The summed E-state index contributed by atoms with van der Waals surface area (Å²) in [6, 6.07) is 51.1. The Morgan fingerprint density at radius 3 is 1.45 bits per heavy atom. The van der Waals surface area contributed by atoms with Crippen LogP contribution in [0, 0.1) is 5.41 Å². The average molecular weight is 2050 g/mol. The monoisotopic (exact) mass is 2050 g/mol. The summed E-state index contributed by atoms with van der Waals surface area (Å²) in [6.45, 7) is 24.1. The SMILES string of the molecule is C/C=[CH]\[Sn]([CH2]CCC)([CH2]CCC)[CH2]CCC.C=C(C)O[Si](C)(C)C.CC(=O)O[C@@H]1O[C@H](COC(=O)c2ccccc2)C(OC(=O)c2ccccc2)[C@@H]1OC(=O)c1ccccc1.CCO/C=C\C1=CNC(=O)CC1=N.NC1=C(Br)C=NC(=O)C1.O=C(OC[C@H]1O[C@@H](n2cc3cc[nH]c3nc2=O)[C@@H](OC(=O)c2ccccc2)C1OC(=O)c1ccccc1)c1ccccc1.O=C1CC2=C(C=CC2)C=N1. The number of H-pyrrole nitrogens is 1. The van der Waals surface area contributed by atoms with Crippen LogP contribution in [0.1, 0.15) is 181 Å². The van der Waals surface area contributed by atoms with Crippen LogP contribution in [0.2, 0.25) is 33.0 Å². The van der Waals surface area contributed by atoms with Gasteiger partial charge in [-0.1, -0.05) is 128 Å². The summed E-state index contributed by atoms with van der Waals surface area (Å²) >= 11 is 1.29. The Hall–Kier alpha value is -13.2. The number of hydrogen-bond acceptors (Lipinski definition) is 25. The molecule has 718 valence electrons. The van der Waals surface area contributed by atoms with E-state index in [4.69, 9.17) is 62.9 Å². The standard InChI is InChI=1S/C32H25N3O8.C28H24O9.C9H12N2O2.C8H7NO.C6H14OSi.C5H5BrN2O.3C4H9.C3H5.Sn/c36-29(20-10-4-1-5-11-20)40-19-24-25(42-30(37)21-12-6-2-7-13-21)26(43-31(38)22-14-8-3-9-15-22)28(41-24)35-18-23-16-17-33-27(23)34-32(35)39;1-18(29)34-28-24(37-27(32)21-15-9-4-10-16-21)23(36-26(31)20-13-7-3-8-14-20)22(35-28)17-33-25(30)19-11-5-2-6-12-19;1-2-13-4-3-7-6-11-9(12)5-8(7)10;10-8-4-6-2-1-3-7(6)5-9-8;1-6(2)7-8(3,4)5;6-3-2-8-5(9)1-4(3)7;3*1-3-4-2;1-3-2;/h1-18,24-26,28H,19H2,(H,33,34,39);2-16,22-24,28H,17H2,1H3;3-4,6,10H,2,5H2,1H3,(H,11,12);1,3,5H,2,4H2;1H2,2-5H3;2H,1,7H2;3*1,3-4H2,2H3;1,3H,2H3;/b;;4-3-,10-8?;;;;;;;;/t24-,25?,26+,28-;22-,23?,24+,28-;;;;;;;;;/m11........./s1. The minimum absolute atomic E-state index is 0.0116. The van der Waals surface area contributed by atoms with E-state index in [-0.39, 0.29) is 66.0 Å². The van der Waals surface area contributed by atoms with Gasteiger partial charge in [-0.25, -0.2) is 43.5 Å². The largest absolute Gasteiger partial charge is 0.548 e. The van der Waals surface area contributed by atoms with Crippen molar-refractivity contribution in [1.29, 1.82) is 5.41 Å². The number of aliphatic imine (C=N–C) groups is 2. The van der Waals surface area contributed by atoms with E-state index in [1.807, 2.05) is 19.9 Å². The summed E-state index contributed by atoms with van der Waals surface area (Å²) < 4.78 is 71.0. The van der Waals surface area contributed by atoms with Crippen molar-refractivity contribution >= 4 is 131 Å². The zero-order valence-corrected chi connectivity index (χ0v) is 83.6. The third kappa shape index (κ3) is 35.6. The Morgan fingerprint density at radius 1 is 0.588 bits per heavy atom. The number of aromatic nitrogens is 3. The summed E-state index contributed by atoms with van der Waals surface area (Å²) in [4.78, 5) is 149. The molecular formula is C103H119BrN8O22SiSn. The van der Waals surface area contributed by atoms with Crippen LogP contribution in [0.5, 0.6) is 0 Å². The van der Waals surface area contributed by atoms with Crippen molar-refractivity contribution < 1.29 is 99.7 Å². The molecule has 2 saturated heterocycles. The fourth-order valence-electron chi connectivity index (χ4n) is 14.3. The number of nitrogens with zero attached hydrogens (tertiary/aromatic N) is 4. The summed E-state index contributed by atoms with van der Waals surface area (Å²) in [5, 5.41) is 10.6. The number of unbranched alkanes of at least 4 members (excludes halogenated alkanes) is 3. The second kappa shape index (κ2) is 56.3. The molecule has 8 aromatic rings. The van der Waals surface area contributed by atoms with Gasteiger partial charge in [0.25, 0.3) is 5.91 Å². The molecule has 14 rings (SSSR count). The van der Waals surface area contributed by atoms with Crippen LogP contribution in [0.25, 0.3) is 11.0 Å². The third-order valence-corrected chi connectivity index (χ3v) is 37.0. The van der Waals surface area contributed by atoms with Gasteiger partial charge in [-0.3, -0.25) is 23.7 Å². The molecule has 30 nitrogen and oxygen atoms in total. The summed E-state index contributed by atoms with van der Waals surface area (Å²) in [7, 11) is -1.32. The van der Waals surface area contributed by atoms with E-state index in [0.717, 1.165) is 24.7 Å². The van der Waals surface area contributed by atoms with Crippen LogP contribution in [-0.2, 0) is 71.0 Å². The topological polar surface area (TPSA) is 410 Å². The fraction of sp³-hybridized carbons (Fsp3) is 0.330. The molecule has 0 saturated carbocycles. The maximum atomic E-state index is 13.3. The second-order valence-electron chi connectivity index (χ2n) is 32.7. The zero-order valence-electron chi connectivity index (χ0n) is 78.1. The molecule has 0 bridgehead atoms. The zero-order chi connectivity index (χ0) is 98.5. The van der Waals surface area contributed by atoms with E-state index >= 15 is 0 Å². The Kier molecular flexibility index (Phi) is 44.7. The van der Waals surface area contributed by atoms with Gasteiger partial charge >= 0.3 is 156 Å². The number of nitrogens with two attached hydrogens (primary N) is 1. The molecule has 6 aliphatic rings. The number of halogens is 1. The molecular weight excluding hydrogens is 1930 g/mol. The van der Waals surface area contributed by atoms with Crippen molar-refractivity contribution in [2.75, 3.05) is 19.8 Å². The number of ether oxygens (including phenoxy) is 10. The van der Waals surface area contributed by atoms with Crippen LogP contribution in [0.4, 0.5) is 0 Å². The Balaban J connectivity index is 0.000000217. The van der Waals surface area contributed by atoms with Crippen LogP contribution in [-0.4, -0.2) is 182 Å². The fourth-order valence-corrected chi connectivity index (χ4v) is 30.2. The van der Waals surface area contributed by atoms with Gasteiger partial charge in [0.05, 0.1) is 75.8 Å². The number of fused-ring (bicyclic) bond motifs is 1. The van der Waals surface area contributed by atoms with Gasteiger partial charge < -0.3 is 73.2 Å². The molecule has 6 aromatic carbocycles. The maximum Gasteiger partial charge on any atom is 0.351 e. The second-order valence-corrected chi connectivity index (χ2v) is 51.0. The molecule has 2 fully saturated rings. The predicted octanol–water partition coefficient (Wildman–Crippen LogP) is 18.6. The number of amides is 3. The molecule has 0 radical (unpaired) electrons. The van der Waals surface area contributed by atoms with Crippen molar-refractivity contribution in [3.8, 4) is 0 Å². The van der Waals surface area contributed by atoms with Gasteiger partial charge in [0.2, 0.25) is 32.5 Å².